The van der Waals surface area contributed by atoms with Crippen LogP contribution >= 0.6 is 11.6 Å². The Kier molecular flexibility index (Phi) is 14.8. The Morgan fingerprint density at radius 3 is 2.41 bits per heavy atom. The number of likely N-dealkylation sites (N-methyl/N-ethyl adjacent to an activating group) is 1. The summed E-state index contributed by atoms with van der Waals surface area (Å²) in [7, 11) is -1.65. The summed E-state index contributed by atoms with van der Waals surface area (Å²) in [6.45, 7) is 12.6. The topological polar surface area (TPSA) is 184 Å². The van der Waals surface area contributed by atoms with E-state index in [-0.39, 0.29) is 95.2 Å². The molecule has 4 fully saturated rings. The molecule has 0 radical (unpaired) electrons. The van der Waals surface area contributed by atoms with Gasteiger partial charge in [0.15, 0.2) is 21.3 Å². The van der Waals surface area contributed by atoms with Crippen molar-refractivity contribution in [2.24, 2.45) is 16.7 Å². The highest BCUT2D eigenvalue weighted by atomic mass is 35.5. The van der Waals surface area contributed by atoms with Gasteiger partial charge in [0.25, 0.3) is 0 Å². The van der Waals surface area contributed by atoms with E-state index in [9.17, 15) is 23.3 Å². The number of nitrogens with one attached hydrogen (secondary N) is 4. The highest BCUT2D eigenvalue weighted by molar-refractivity contribution is 7.90. The lowest BCUT2D eigenvalue weighted by Gasteiger charge is -2.63. The molecule has 1 aliphatic carbocycles. The maximum Gasteiger partial charge on any atom is 0.244 e. The van der Waals surface area contributed by atoms with Crippen LogP contribution in [0.15, 0.2) is 60.8 Å². The number of halogens is 2. The third-order valence-corrected chi connectivity index (χ3v) is 16.4. The number of sulfone groups is 1. The van der Waals surface area contributed by atoms with E-state index in [2.05, 4.69) is 60.1 Å². The van der Waals surface area contributed by atoms with Gasteiger partial charge in [0.2, 0.25) is 17.6 Å². The van der Waals surface area contributed by atoms with E-state index in [1.807, 2.05) is 0 Å². The first kappa shape index (κ1) is 49.6. The minimum atomic E-state index is -3.34. The van der Waals surface area contributed by atoms with E-state index < -0.39 is 21.7 Å². The predicted molar refractivity (Wildman–Crippen MR) is 256 cm³/mol. The second-order valence-electron chi connectivity index (χ2n) is 19.8. The Morgan fingerprint density at radius 1 is 0.971 bits per heavy atom. The van der Waals surface area contributed by atoms with Gasteiger partial charge in [-0.25, -0.2) is 19.3 Å². The zero-order chi connectivity index (χ0) is 48.5. The third-order valence-electron chi connectivity index (χ3n) is 14.4. The van der Waals surface area contributed by atoms with Gasteiger partial charge in [0.05, 0.1) is 41.3 Å². The van der Waals surface area contributed by atoms with E-state index >= 15 is 4.39 Å². The number of nitrogens with zero attached hydrogens (tertiary/aromatic N) is 3. The number of hydrogen-bond donors (Lipinski definition) is 4. The fourth-order valence-electron chi connectivity index (χ4n) is 11.0. The molecule has 3 aromatic carbocycles. The number of hydrogen-bond acceptors (Lipinski definition) is 13. The quantitative estimate of drug-likeness (QED) is 0.117. The Labute approximate surface area is 403 Å². The molecule has 4 heterocycles. The van der Waals surface area contributed by atoms with Crippen molar-refractivity contribution in [3.8, 4) is 29.1 Å². The van der Waals surface area contributed by atoms with Crippen LogP contribution in [0.3, 0.4) is 0 Å². The van der Waals surface area contributed by atoms with Crippen molar-refractivity contribution in [1.82, 2.24) is 31.3 Å². The highest BCUT2D eigenvalue weighted by Gasteiger charge is 2.64. The van der Waals surface area contributed by atoms with Crippen molar-refractivity contribution < 1.29 is 41.3 Å². The van der Waals surface area contributed by atoms with Crippen LogP contribution in [-0.4, -0.2) is 112 Å². The van der Waals surface area contributed by atoms with Crippen LogP contribution in [-0.2, 0) is 29.9 Å². The van der Waals surface area contributed by atoms with Crippen molar-refractivity contribution >= 4 is 38.8 Å². The minimum Gasteiger partial charge on any atom is -0.489 e. The van der Waals surface area contributed by atoms with Gasteiger partial charge in [-0.1, -0.05) is 58.4 Å². The molecule has 8 rings (SSSR count). The third kappa shape index (κ3) is 10.4. The second-order valence-corrected chi connectivity index (χ2v) is 22.5. The van der Waals surface area contributed by atoms with Crippen molar-refractivity contribution in [2.45, 2.75) is 109 Å². The Balaban J connectivity index is 0.789. The van der Waals surface area contributed by atoms with Gasteiger partial charge in [-0.3, -0.25) is 14.5 Å². The average Bonchev–Trinajstić information content (AvgIpc) is 3.82. The fourth-order valence-corrected chi connectivity index (χ4v) is 12.1. The molecule has 4 aliphatic heterocycles. The van der Waals surface area contributed by atoms with Gasteiger partial charge < -0.3 is 34.5 Å². The number of likely N-dealkylation sites (tertiary alicyclic amines) is 1. The van der Waals surface area contributed by atoms with Crippen LogP contribution in [0.1, 0.15) is 83.4 Å². The normalized spacial score (nSPS) is 26.0. The number of carbonyl (C=O) groups is 2. The van der Waals surface area contributed by atoms with Crippen molar-refractivity contribution in [2.75, 3.05) is 45.6 Å². The number of ether oxygens (including phenoxy) is 4. The Bertz CT molecular complexity index is 2540. The summed E-state index contributed by atoms with van der Waals surface area (Å²) in [6, 6.07) is 16.0. The summed E-state index contributed by atoms with van der Waals surface area (Å²) < 4.78 is 65.9. The molecular weight excluding hydrogens is 913 g/mol. The van der Waals surface area contributed by atoms with E-state index in [1.54, 1.807) is 62.6 Å². The first-order valence-electron chi connectivity index (χ1n) is 23.6. The van der Waals surface area contributed by atoms with Gasteiger partial charge >= 0.3 is 0 Å². The second kappa shape index (κ2) is 20.3. The predicted octanol–water partition coefficient (Wildman–Crippen LogP) is 6.31. The molecule has 0 bridgehead atoms. The first-order chi connectivity index (χ1) is 32.4. The number of nitriles is 1. The monoisotopic (exact) mass is 975 g/mol. The molecule has 68 heavy (non-hydrogen) atoms. The highest BCUT2D eigenvalue weighted by Crippen LogP contribution is 2.55. The fraction of sp³-hybridized carbons (Fsp3) is 0.540. The number of carbonyl (C=O) groups excluding carboxylic acids is 2. The molecule has 3 aromatic rings. The van der Waals surface area contributed by atoms with E-state index in [0.29, 0.717) is 52.6 Å². The number of hydrazine groups is 1. The smallest absolute Gasteiger partial charge is 0.244 e. The molecule has 1 saturated carbocycles. The number of fused-ring (bicyclic) bond motifs is 1. The molecule has 4 N–H and O–H groups in total. The zero-order valence-corrected chi connectivity index (χ0v) is 41.1. The van der Waals surface area contributed by atoms with Gasteiger partial charge in [0.1, 0.15) is 36.3 Å². The Morgan fingerprint density at radius 2 is 1.72 bits per heavy atom. The molecule has 15 nitrogen and oxygen atoms in total. The summed E-state index contributed by atoms with van der Waals surface area (Å²) in [5, 5.41) is 16.2. The Hall–Kier alpha value is -4.80. The standard InChI is InChI=1S/C50H63ClFN7O8S/c1-7-68(62,63)29-30-11-15-39(35(25-30)36-28-58(6)46(61)44-34(36)17-20-54-44)67-41-10-8-9-40(43(41)52)65-24-23-64-32-18-21-59(22-19-32)42-16-14-38(56-57-42)45(60)55-47-49(2,3)48(50(47,4)5)66-33-13-12-31(27-53)37(51)26-33/h8-13,15,25-26,28,32,34,38,42,44,47-48,54,56-57H,7,14,16-24,29H2,1-6H3,(H,55,60). The van der Waals surface area contributed by atoms with E-state index in [1.165, 1.54) is 17.0 Å². The molecule has 4 atom stereocenters. The maximum absolute atomic E-state index is 16.0. The lowest BCUT2D eigenvalue weighted by Crippen LogP contribution is -2.76. The van der Waals surface area contributed by atoms with Crippen molar-refractivity contribution in [1.29, 1.82) is 5.26 Å². The maximum atomic E-state index is 16.0. The van der Waals surface area contributed by atoms with Gasteiger partial charge in [-0.15, -0.1) is 0 Å². The SMILES string of the molecule is CCS(=O)(=O)Cc1ccc(Oc2cccc(OCCOC3CCN(C4CCC(C(=O)NC5C(C)(C)C(Oc6ccc(C#N)c(Cl)c6)C5(C)C)NN4)CC3)c2F)c(C2=CN(C)C(=O)C3NCCC23)c1. The molecule has 366 valence electrons. The van der Waals surface area contributed by atoms with Crippen LogP contribution in [0, 0.1) is 33.9 Å². The number of rotatable bonds is 16. The van der Waals surface area contributed by atoms with E-state index in [0.717, 1.165) is 37.9 Å². The van der Waals surface area contributed by atoms with Crippen LogP contribution in [0.5, 0.6) is 23.0 Å². The summed E-state index contributed by atoms with van der Waals surface area (Å²) in [4.78, 5) is 30.4. The summed E-state index contributed by atoms with van der Waals surface area (Å²) in [5.41, 5.74) is 8.32. The molecule has 4 unspecified atom stereocenters. The lowest BCUT2D eigenvalue weighted by atomic mass is 9.49. The van der Waals surface area contributed by atoms with Crippen molar-refractivity contribution in [3.63, 3.8) is 0 Å². The minimum absolute atomic E-state index is 0.00180. The summed E-state index contributed by atoms with van der Waals surface area (Å²) in [5.74, 6) is -0.197. The van der Waals surface area contributed by atoms with Crippen LogP contribution in [0.4, 0.5) is 4.39 Å². The average molecular weight is 977 g/mol. The largest absolute Gasteiger partial charge is 0.489 e. The zero-order valence-electron chi connectivity index (χ0n) is 39.6. The van der Waals surface area contributed by atoms with Gasteiger partial charge in [0, 0.05) is 66.5 Å². The molecule has 0 aromatic heterocycles. The molecule has 5 aliphatic rings. The number of piperidine rings is 1. The summed E-state index contributed by atoms with van der Waals surface area (Å²) >= 11 is 6.26. The van der Waals surface area contributed by atoms with Gasteiger partial charge in [-0.2, -0.15) is 9.65 Å². The number of benzene rings is 3. The molecule has 0 spiro atoms. The molecule has 18 heteroatoms. The van der Waals surface area contributed by atoms with Crippen LogP contribution in [0.2, 0.25) is 5.02 Å². The summed E-state index contributed by atoms with van der Waals surface area (Å²) in [6.07, 6.45) is 5.47. The van der Waals surface area contributed by atoms with Crippen molar-refractivity contribution in [3.05, 3.63) is 88.3 Å². The lowest BCUT2D eigenvalue weighted by molar-refractivity contribution is -0.174. The van der Waals surface area contributed by atoms with Gasteiger partial charge in [-0.05, 0) is 86.2 Å². The van der Waals surface area contributed by atoms with E-state index in [4.69, 9.17) is 30.5 Å². The molecule has 3 saturated heterocycles. The van der Waals surface area contributed by atoms with Crippen LogP contribution < -0.4 is 35.7 Å². The molecule has 2 amide bonds. The molecular formula is C50H63ClFN7O8S. The number of amides is 2. The van der Waals surface area contributed by atoms with Crippen LogP contribution in [0.25, 0.3) is 5.57 Å². The first-order valence-corrected chi connectivity index (χ1v) is 25.8.